The first-order valence-corrected chi connectivity index (χ1v) is 6.09. The summed E-state index contributed by atoms with van der Waals surface area (Å²) in [7, 11) is 0. The van der Waals surface area contributed by atoms with Gasteiger partial charge >= 0.3 is 0 Å². The van der Waals surface area contributed by atoms with E-state index in [1.165, 1.54) is 0 Å². The van der Waals surface area contributed by atoms with Crippen molar-refractivity contribution in [2.24, 2.45) is 5.73 Å². The Kier molecular flexibility index (Phi) is 4.25. The first-order chi connectivity index (χ1) is 8.75. The predicted octanol–water partition coefficient (Wildman–Crippen LogP) is 2.29. The lowest BCUT2D eigenvalue weighted by atomic mass is 10.1. The number of rotatable bonds is 5. The maximum absolute atomic E-state index is 6.12. The largest absolute Gasteiger partial charge is 0.370 e. The lowest BCUT2D eigenvalue weighted by molar-refractivity contribution is 0.674. The molecule has 0 saturated carbocycles. The number of hydrogen-bond acceptors (Lipinski definition) is 4. The Balaban J connectivity index is 1.82. The summed E-state index contributed by atoms with van der Waals surface area (Å²) in [5.74, 6) is 0.850. The lowest BCUT2D eigenvalue weighted by Gasteiger charge is -2.12. The summed E-state index contributed by atoms with van der Waals surface area (Å²) in [6.45, 7) is 2.75. The van der Waals surface area contributed by atoms with Gasteiger partial charge in [-0.2, -0.15) is 0 Å². The molecule has 1 unspecified atom stereocenters. The molecule has 0 saturated heterocycles. The average molecular weight is 242 g/mol. The Labute approximate surface area is 107 Å². The van der Waals surface area contributed by atoms with Crippen LogP contribution in [0.1, 0.15) is 23.7 Å². The number of nitrogens with one attached hydrogen (secondary N) is 1. The topological polar surface area (TPSA) is 63.8 Å². The van der Waals surface area contributed by atoms with Gasteiger partial charge in [0.2, 0.25) is 0 Å². The summed E-state index contributed by atoms with van der Waals surface area (Å²) in [6.07, 6.45) is 2.43. The summed E-state index contributed by atoms with van der Waals surface area (Å²) < 4.78 is 0. The van der Waals surface area contributed by atoms with Crippen molar-refractivity contribution in [2.45, 2.75) is 19.4 Å². The molecule has 2 rings (SSSR count). The fraction of sp³-hybridized carbons (Fsp3) is 0.286. The zero-order valence-electron chi connectivity index (χ0n) is 10.5. The SMILES string of the molecule is Cc1cc(NCCC(N)c2ccccc2)ncn1. The van der Waals surface area contributed by atoms with Crippen LogP contribution in [0.3, 0.4) is 0 Å². The summed E-state index contributed by atoms with van der Waals surface area (Å²) in [4.78, 5) is 8.20. The van der Waals surface area contributed by atoms with Crippen LogP contribution in [0, 0.1) is 6.92 Å². The third-order valence-corrected chi connectivity index (χ3v) is 2.79. The van der Waals surface area contributed by atoms with Gasteiger partial charge in [-0.15, -0.1) is 0 Å². The van der Waals surface area contributed by atoms with Gasteiger partial charge in [-0.3, -0.25) is 0 Å². The molecule has 0 bridgehead atoms. The monoisotopic (exact) mass is 242 g/mol. The first-order valence-electron chi connectivity index (χ1n) is 6.09. The van der Waals surface area contributed by atoms with Crippen LogP contribution in [0.4, 0.5) is 5.82 Å². The van der Waals surface area contributed by atoms with Gasteiger partial charge in [-0.25, -0.2) is 9.97 Å². The van der Waals surface area contributed by atoms with Crippen LogP contribution in [0.5, 0.6) is 0 Å². The highest BCUT2D eigenvalue weighted by Crippen LogP contribution is 2.13. The van der Waals surface area contributed by atoms with Gasteiger partial charge < -0.3 is 11.1 Å². The maximum Gasteiger partial charge on any atom is 0.129 e. The standard InChI is InChI=1S/C14H18N4/c1-11-9-14(18-10-17-11)16-8-7-13(15)12-5-3-2-4-6-12/h2-6,9-10,13H,7-8,15H2,1H3,(H,16,17,18). The molecule has 1 heterocycles. The Morgan fingerprint density at radius 2 is 2.00 bits per heavy atom. The quantitative estimate of drug-likeness (QED) is 0.844. The van der Waals surface area contributed by atoms with E-state index < -0.39 is 0 Å². The normalized spacial score (nSPS) is 12.1. The molecule has 0 radical (unpaired) electrons. The van der Waals surface area contributed by atoms with E-state index in [9.17, 15) is 0 Å². The molecule has 4 nitrogen and oxygen atoms in total. The molecule has 1 atom stereocenters. The molecule has 1 aromatic carbocycles. The first kappa shape index (κ1) is 12.5. The van der Waals surface area contributed by atoms with Crippen LogP contribution in [-0.2, 0) is 0 Å². The molecular weight excluding hydrogens is 224 g/mol. The minimum atomic E-state index is 0.0571. The molecule has 4 heteroatoms. The highest BCUT2D eigenvalue weighted by molar-refractivity contribution is 5.34. The Hall–Kier alpha value is -1.94. The fourth-order valence-electron chi connectivity index (χ4n) is 1.77. The fourth-order valence-corrected chi connectivity index (χ4v) is 1.77. The van der Waals surface area contributed by atoms with Crippen molar-refractivity contribution in [3.8, 4) is 0 Å². The molecule has 0 amide bonds. The van der Waals surface area contributed by atoms with Crippen molar-refractivity contribution in [1.82, 2.24) is 9.97 Å². The summed E-state index contributed by atoms with van der Waals surface area (Å²) in [5.41, 5.74) is 8.24. The van der Waals surface area contributed by atoms with E-state index in [2.05, 4.69) is 27.4 Å². The van der Waals surface area contributed by atoms with Crippen molar-refractivity contribution in [1.29, 1.82) is 0 Å². The third kappa shape index (κ3) is 3.53. The average Bonchev–Trinajstić information content (AvgIpc) is 2.40. The molecule has 94 valence electrons. The zero-order chi connectivity index (χ0) is 12.8. The van der Waals surface area contributed by atoms with Crippen LogP contribution < -0.4 is 11.1 Å². The molecule has 2 aromatic rings. The van der Waals surface area contributed by atoms with Crippen molar-refractivity contribution in [2.75, 3.05) is 11.9 Å². The van der Waals surface area contributed by atoms with Crippen LogP contribution >= 0.6 is 0 Å². The number of nitrogens with two attached hydrogens (primary N) is 1. The third-order valence-electron chi connectivity index (χ3n) is 2.79. The smallest absolute Gasteiger partial charge is 0.129 e. The van der Waals surface area contributed by atoms with Crippen molar-refractivity contribution in [3.05, 3.63) is 54.0 Å². The predicted molar refractivity (Wildman–Crippen MR) is 73.2 cm³/mol. The van der Waals surface area contributed by atoms with Gasteiger partial charge in [0.1, 0.15) is 12.1 Å². The number of anilines is 1. The molecule has 1 aromatic heterocycles. The molecule has 0 aliphatic heterocycles. The Morgan fingerprint density at radius 1 is 1.22 bits per heavy atom. The van der Waals surface area contributed by atoms with Gasteiger partial charge in [0, 0.05) is 24.3 Å². The Morgan fingerprint density at radius 3 is 2.72 bits per heavy atom. The maximum atomic E-state index is 6.12. The van der Waals surface area contributed by atoms with Crippen molar-refractivity contribution < 1.29 is 0 Å². The summed E-state index contributed by atoms with van der Waals surface area (Å²) >= 11 is 0. The number of benzene rings is 1. The minimum absolute atomic E-state index is 0.0571. The minimum Gasteiger partial charge on any atom is -0.370 e. The molecule has 0 spiro atoms. The number of hydrogen-bond donors (Lipinski definition) is 2. The van der Waals surface area contributed by atoms with Crippen LogP contribution in [0.25, 0.3) is 0 Å². The summed E-state index contributed by atoms with van der Waals surface area (Å²) in [6, 6.07) is 12.1. The molecular formula is C14H18N4. The van der Waals surface area contributed by atoms with E-state index in [-0.39, 0.29) is 6.04 Å². The van der Waals surface area contributed by atoms with Crippen LogP contribution in [0.15, 0.2) is 42.7 Å². The number of aryl methyl sites for hydroxylation is 1. The van der Waals surface area contributed by atoms with Gasteiger partial charge in [-0.1, -0.05) is 30.3 Å². The van der Waals surface area contributed by atoms with Crippen LogP contribution in [0.2, 0.25) is 0 Å². The zero-order valence-corrected chi connectivity index (χ0v) is 10.5. The lowest BCUT2D eigenvalue weighted by Crippen LogP contribution is -2.15. The van der Waals surface area contributed by atoms with E-state index >= 15 is 0 Å². The van der Waals surface area contributed by atoms with Gasteiger partial charge in [-0.05, 0) is 18.9 Å². The second-order valence-electron chi connectivity index (χ2n) is 4.28. The van der Waals surface area contributed by atoms with Crippen molar-refractivity contribution >= 4 is 5.82 Å². The van der Waals surface area contributed by atoms with Crippen molar-refractivity contribution in [3.63, 3.8) is 0 Å². The van der Waals surface area contributed by atoms with E-state index in [1.807, 2.05) is 31.2 Å². The van der Waals surface area contributed by atoms with Gasteiger partial charge in [0.05, 0.1) is 0 Å². The highest BCUT2D eigenvalue weighted by Gasteiger charge is 2.04. The van der Waals surface area contributed by atoms with Crippen LogP contribution in [-0.4, -0.2) is 16.5 Å². The second kappa shape index (κ2) is 6.12. The molecule has 0 aliphatic rings. The molecule has 0 fully saturated rings. The molecule has 0 aliphatic carbocycles. The van der Waals surface area contributed by atoms with Gasteiger partial charge in [0.15, 0.2) is 0 Å². The van der Waals surface area contributed by atoms with E-state index in [0.717, 1.165) is 30.0 Å². The molecule has 18 heavy (non-hydrogen) atoms. The van der Waals surface area contributed by atoms with E-state index in [4.69, 9.17) is 5.73 Å². The molecule has 3 N–H and O–H groups in total. The highest BCUT2D eigenvalue weighted by atomic mass is 15.0. The van der Waals surface area contributed by atoms with Gasteiger partial charge in [0.25, 0.3) is 0 Å². The summed E-state index contributed by atoms with van der Waals surface area (Å²) in [5, 5.41) is 3.26. The number of nitrogens with zero attached hydrogens (tertiary/aromatic N) is 2. The van der Waals surface area contributed by atoms with E-state index in [0.29, 0.717) is 0 Å². The second-order valence-corrected chi connectivity index (χ2v) is 4.28. The number of aromatic nitrogens is 2. The van der Waals surface area contributed by atoms with E-state index in [1.54, 1.807) is 6.33 Å². The Bertz CT molecular complexity index is 484.